The van der Waals surface area contributed by atoms with Crippen molar-refractivity contribution in [3.8, 4) is 11.4 Å². The number of nitrogens with one attached hydrogen (secondary N) is 1. The molecule has 1 amide bonds. The Hall–Kier alpha value is -3.52. The summed E-state index contributed by atoms with van der Waals surface area (Å²) < 4.78 is 2.64. The van der Waals surface area contributed by atoms with E-state index in [0.29, 0.717) is 11.3 Å². The number of anilines is 1. The van der Waals surface area contributed by atoms with Crippen LogP contribution in [0.3, 0.4) is 0 Å². The number of carbonyl (C=O) groups is 1. The standard InChI is InChI=1S/C22H20N4O3S/c1-14-9-15(2)11-16(10-14)23-19(27)13-25-7-3-6-18-20(25)24-22(29)26(21(18)28)12-17-5-4-8-30-17/h3-11H,12-13H2,1-2H3,(H,23,27). The molecular formula is C22H20N4O3S. The van der Waals surface area contributed by atoms with Gasteiger partial charge < -0.3 is 9.88 Å². The SMILES string of the molecule is Cc1cc(C)cc(NC(=O)Cn2cccc3c(=O)n(Cc4cccs4)c(=O)nc2-3)c1. The van der Waals surface area contributed by atoms with Gasteiger partial charge in [0.2, 0.25) is 5.91 Å². The lowest BCUT2D eigenvalue weighted by Gasteiger charge is -2.15. The van der Waals surface area contributed by atoms with Crippen LogP contribution in [0.15, 0.2) is 63.6 Å². The first-order valence-electron chi connectivity index (χ1n) is 9.41. The van der Waals surface area contributed by atoms with Crippen LogP contribution in [0.25, 0.3) is 11.4 Å². The van der Waals surface area contributed by atoms with Crippen molar-refractivity contribution in [2.45, 2.75) is 26.9 Å². The van der Waals surface area contributed by atoms with Gasteiger partial charge in [0.15, 0.2) is 5.82 Å². The largest absolute Gasteiger partial charge is 0.352 e. The number of carbonyl (C=O) groups excluding carboxylic acids is 1. The van der Waals surface area contributed by atoms with E-state index in [9.17, 15) is 14.4 Å². The molecule has 2 aromatic rings. The Bertz CT molecular complexity index is 1280. The molecule has 152 valence electrons. The van der Waals surface area contributed by atoms with Crippen molar-refractivity contribution >= 4 is 22.9 Å². The van der Waals surface area contributed by atoms with E-state index >= 15 is 0 Å². The number of thiophene rings is 1. The van der Waals surface area contributed by atoms with Crippen LogP contribution in [-0.2, 0) is 17.9 Å². The lowest BCUT2D eigenvalue weighted by Crippen LogP contribution is -2.38. The number of fused-ring (bicyclic) bond motifs is 1. The van der Waals surface area contributed by atoms with Crippen molar-refractivity contribution in [2.24, 2.45) is 0 Å². The molecule has 1 N–H and O–H groups in total. The third-order valence-corrected chi connectivity index (χ3v) is 5.52. The van der Waals surface area contributed by atoms with Gasteiger partial charge in [-0.1, -0.05) is 12.1 Å². The summed E-state index contributed by atoms with van der Waals surface area (Å²) >= 11 is 1.47. The monoisotopic (exact) mass is 420 g/mol. The Morgan fingerprint density at radius 3 is 2.57 bits per heavy atom. The Morgan fingerprint density at radius 2 is 1.87 bits per heavy atom. The second kappa shape index (κ2) is 8.08. The fraction of sp³-hybridized carbons (Fsp3) is 0.182. The van der Waals surface area contributed by atoms with E-state index in [4.69, 9.17) is 0 Å². The second-order valence-corrected chi connectivity index (χ2v) is 8.20. The molecule has 7 nitrogen and oxygen atoms in total. The summed E-state index contributed by atoms with van der Waals surface area (Å²) in [6.07, 6.45) is 1.64. The molecular weight excluding hydrogens is 400 g/mol. The molecule has 0 unspecified atom stereocenters. The lowest BCUT2D eigenvalue weighted by molar-refractivity contribution is -0.116. The van der Waals surface area contributed by atoms with Gasteiger partial charge in [-0.3, -0.25) is 14.2 Å². The molecule has 4 rings (SSSR count). The highest BCUT2D eigenvalue weighted by atomic mass is 32.1. The van der Waals surface area contributed by atoms with Crippen LogP contribution in [0.4, 0.5) is 5.69 Å². The van der Waals surface area contributed by atoms with Gasteiger partial charge in [0.1, 0.15) is 6.54 Å². The third-order valence-electron chi connectivity index (χ3n) is 4.66. The molecule has 2 aliphatic heterocycles. The van der Waals surface area contributed by atoms with Gasteiger partial charge in [-0.25, -0.2) is 4.79 Å². The number of hydrogen-bond acceptors (Lipinski definition) is 5. The fourth-order valence-corrected chi connectivity index (χ4v) is 4.14. The maximum Gasteiger partial charge on any atom is 0.352 e. The quantitative estimate of drug-likeness (QED) is 0.538. The molecule has 8 heteroatoms. The van der Waals surface area contributed by atoms with Crippen LogP contribution < -0.4 is 16.6 Å². The molecule has 0 aliphatic carbocycles. The number of rotatable bonds is 5. The van der Waals surface area contributed by atoms with Crippen LogP contribution in [0.1, 0.15) is 16.0 Å². The predicted molar refractivity (Wildman–Crippen MR) is 117 cm³/mol. The van der Waals surface area contributed by atoms with Crippen molar-refractivity contribution in [1.82, 2.24) is 14.1 Å². The van der Waals surface area contributed by atoms with E-state index in [1.165, 1.54) is 15.9 Å². The third kappa shape index (κ3) is 4.08. The minimum Gasteiger partial charge on any atom is -0.325 e. The molecule has 0 atom stereocenters. The minimum absolute atomic E-state index is 0.0643. The van der Waals surface area contributed by atoms with E-state index in [1.807, 2.05) is 49.6 Å². The van der Waals surface area contributed by atoms with Crippen molar-refractivity contribution in [3.05, 3.63) is 90.9 Å². The average Bonchev–Trinajstić information content (AvgIpc) is 3.18. The van der Waals surface area contributed by atoms with E-state index in [1.54, 1.807) is 18.3 Å². The average molecular weight is 420 g/mol. The molecule has 30 heavy (non-hydrogen) atoms. The van der Waals surface area contributed by atoms with Gasteiger partial charge in [0, 0.05) is 16.8 Å². The fourth-order valence-electron chi connectivity index (χ4n) is 3.45. The van der Waals surface area contributed by atoms with Crippen LogP contribution in [0, 0.1) is 13.8 Å². The molecule has 1 aromatic carbocycles. The van der Waals surface area contributed by atoms with Crippen molar-refractivity contribution in [2.75, 3.05) is 5.32 Å². The molecule has 1 aromatic heterocycles. The highest BCUT2D eigenvalue weighted by molar-refractivity contribution is 7.09. The first-order chi connectivity index (χ1) is 14.4. The van der Waals surface area contributed by atoms with Crippen LogP contribution in [-0.4, -0.2) is 20.0 Å². The summed E-state index contributed by atoms with van der Waals surface area (Å²) in [5, 5.41) is 4.75. The molecule has 0 radical (unpaired) electrons. The molecule has 3 heterocycles. The van der Waals surface area contributed by atoms with Crippen LogP contribution in [0.5, 0.6) is 0 Å². The molecule has 0 bridgehead atoms. The summed E-state index contributed by atoms with van der Waals surface area (Å²) in [6.45, 7) is 4.04. The van der Waals surface area contributed by atoms with Crippen molar-refractivity contribution < 1.29 is 4.79 Å². The Balaban J connectivity index is 1.64. The van der Waals surface area contributed by atoms with Crippen LogP contribution >= 0.6 is 11.3 Å². The Kier molecular flexibility index (Phi) is 5.33. The van der Waals surface area contributed by atoms with Gasteiger partial charge in [0.05, 0.1) is 12.1 Å². The number of aryl methyl sites for hydroxylation is 2. The maximum atomic E-state index is 12.9. The van der Waals surface area contributed by atoms with Gasteiger partial charge >= 0.3 is 5.69 Å². The Morgan fingerprint density at radius 1 is 1.10 bits per heavy atom. The number of pyridine rings is 1. The molecule has 2 aliphatic rings. The smallest absolute Gasteiger partial charge is 0.325 e. The Labute approximate surface area is 176 Å². The van der Waals surface area contributed by atoms with Gasteiger partial charge in [0.25, 0.3) is 5.56 Å². The van der Waals surface area contributed by atoms with Gasteiger partial charge in [-0.05, 0) is 60.7 Å². The zero-order valence-corrected chi connectivity index (χ0v) is 17.4. The molecule has 0 saturated carbocycles. The first kappa shape index (κ1) is 19.8. The first-order valence-corrected chi connectivity index (χ1v) is 10.3. The van der Waals surface area contributed by atoms with Crippen molar-refractivity contribution in [1.29, 1.82) is 0 Å². The summed E-state index contributed by atoms with van der Waals surface area (Å²) in [7, 11) is 0. The van der Waals surface area contributed by atoms with E-state index < -0.39 is 11.2 Å². The molecule has 0 fully saturated rings. The number of aromatic nitrogens is 3. The predicted octanol–water partition coefficient (Wildman–Crippen LogP) is 2.88. The maximum absolute atomic E-state index is 12.9. The summed E-state index contributed by atoms with van der Waals surface area (Å²) in [4.78, 5) is 43.0. The van der Waals surface area contributed by atoms with Crippen molar-refractivity contribution in [3.63, 3.8) is 0 Å². The highest BCUT2D eigenvalue weighted by Gasteiger charge is 2.18. The number of hydrogen-bond donors (Lipinski definition) is 1. The number of benzene rings is 1. The van der Waals surface area contributed by atoms with E-state index in [0.717, 1.165) is 20.6 Å². The molecule has 0 saturated heterocycles. The molecule has 0 spiro atoms. The zero-order valence-electron chi connectivity index (χ0n) is 16.6. The van der Waals surface area contributed by atoms with Gasteiger partial charge in [-0.15, -0.1) is 11.3 Å². The van der Waals surface area contributed by atoms with E-state index in [-0.39, 0.29) is 24.8 Å². The topological polar surface area (TPSA) is 86.0 Å². The number of nitrogens with zero attached hydrogens (tertiary/aromatic N) is 3. The minimum atomic E-state index is -0.629. The lowest BCUT2D eigenvalue weighted by atomic mass is 10.1. The normalized spacial score (nSPS) is 11.0. The van der Waals surface area contributed by atoms with Gasteiger partial charge in [-0.2, -0.15) is 4.98 Å². The number of amides is 1. The second-order valence-electron chi connectivity index (χ2n) is 7.16. The summed E-state index contributed by atoms with van der Waals surface area (Å²) in [5.41, 5.74) is 2.05. The highest BCUT2D eigenvalue weighted by Crippen LogP contribution is 2.16. The summed E-state index contributed by atoms with van der Waals surface area (Å²) in [5.74, 6) is -0.0694. The van der Waals surface area contributed by atoms with Crippen LogP contribution in [0.2, 0.25) is 0 Å². The zero-order chi connectivity index (χ0) is 21.3. The van der Waals surface area contributed by atoms with E-state index in [2.05, 4.69) is 10.3 Å². The summed E-state index contributed by atoms with van der Waals surface area (Å²) in [6, 6.07) is 12.8.